The topological polar surface area (TPSA) is 78.9 Å². The number of carbonyl (C=O) groups excluding carboxylic acids is 3. The lowest BCUT2D eigenvalue weighted by atomic mass is 10.0. The van der Waals surface area contributed by atoms with Crippen LogP contribution in [-0.2, 0) is 28.6 Å². The summed E-state index contributed by atoms with van der Waals surface area (Å²) in [5.41, 5.74) is 0. The number of hydrogen-bond acceptors (Lipinski definition) is 6. The predicted molar refractivity (Wildman–Crippen MR) is 316 cm³/mol. The average Bonchev–Trinajstić information content (AvgIpc) is 3.39. The molecule has 0 saturated heterocycles. The van der Waals surface area contributed by atoms with Crippen molar-refractivity contribution in [1.82, 2.24) is 0 Å². The van der Waals surface area contributed by atoms with Crippen molar-refractivity contribution in [2.45, 2.75) is 297 Å². The SMILES string of the molecule is CC/C=C\C/C=C\C/C=C\C/C=C\C/C=C\CCCCCCCCCCCCCC(=O)OCC(COC(=O)CCCCCCC/C=C\CCCC)OC(=O)CCCCCCCCC/C=C\C/C=C\CCCCC. The van der Waals surface area contributed by atoms with Crippen LogP contribution in [0.25, 0.3) is 0 Å². The summed E-state index contributed by atoms with van der Waals surface area (Å²) in [5.74, 6) is -0.899. The smallest absolute Gasteiger partial charge is 0.306 e. The molecule has 0 spiro atoms. The fourth-order valence-electron chi connectivity index (χ4n) is 8.42. The van der Waals surface area contributed by atoms with E-state index in [1.807, 2.05) is 0 Å². The number of hydrogen-bond donors (Lipinski definition) is 0. The molecule has 6 heteroatoms. The lowest BCUT2D eigenvalue weighted by Crippen LogP contribution is -2.30. The number of carbonyl (C=O) groups is 3. The van der Waals surface area contributed by atoms with E-state index >= 15 is 0 Å². The Morgan fingerprint density at radius 2 is 0.548 bits per heavy atom. The van der Waals surface area contributed by atoms with Crippen molar-refractivity contribution in [2.75, 3.05) is 13.2 Å². The van der Waals surface area contributed by atoms with Gasteiger partial charge in [-0.25, -0.2) is 0 Å². The van der Waals surface area contributed by atoms with Crippen LogP contribution in [0.5, 0.6) is 0 Å². The van der Waals surface area contributed by atoms with Crippen molar-refractivity contribution in [2.24, 2.45) is 0 Å². The second kappa shape index (κ2) is 60.9. The minimum Gasteiger partial charge on any atom is -0.462 e. The van der Waals surface area contributed by atoms with E-state index in [0.29, 0.717) is 19.3 Å². The van der Waals surface area contributed by atoms with Gasteiger partial charge in [0.25, 0.3) is 0 Å². The van der Waals surface area contributed by atoms with Crippen LogP contribution in [0.2, 0.25) is 0 Å². The molecule has 6 nitrogen and oxygen atoms in total. The van der Waals surface area contributed by atoms with E-state index in [-0.39, 0.29) is 31.1 Å². The Morgan fingerprint density at radius 1 is 0.288 bits per heavy atom. The highest BCUT2D eigenvalue weighted by Crippen LogP contribution is 2.15. The summed E-state index contributed by atoms with van der Waals surface area (Å²) >= 11 is 0. The molecule has 0 saturated carbocycles. The van der Waals surface area contributed by atoms with Gasteiger partial charge in [-0.15, -0.1) is 0 Å². The van der Waals surface area contributed by atoms with E-state index in [1.54, 1.807) is 0 Å². The average molecular weight is 1020 g/mol. The molecule has 0 aliphatic rings. The maximum atomic E-state index is 12.9. The summed E-state index contributed by atoms with van der Waals surface area (Å²) in [5, 5.41) is 0. The standard InChI is InChI=1S/C67H114O6/c1-4-7-10-13-16-19-22-24-26-28-29-30-31-32-33-34-35-36-37-39-40-42-45-48-51-54-57-60-66(69)72-63-64(62-71-65(68)59-56-53-50-47-44-21-18-15-12-9-6-3)73-67(70)61-58-55-52-49-46-43-41-38-27-25-23-20-17-14-11-8-5-2/h7,10,15-20,24-27,29-30,32-33,64H,4-6,8-9,11-14,21-23,28,31,34-63H2,1-3H3/b10-7-,18-15-,19-16-,20-17-,26-24-,27-25-,30-29-,33-32-. The summed E-state index contributed by atoms with van der Waals surface area (Å²) in [4.78, 5) is 38.2. The normalized spacial score (nSPS) is 12.8. The summed E-state index contributed by atoms with van der Waals surface area (Å²) < 4.78 is 16.9. The van der Waals surface area contributed by atoms with Crippen molar-refractivity contribution >= 4 is 17.9 Å². The van der Waals surface area contributed by atoms with Crippen molar-refractivity contribution < 1.29 is 28.6 Å². The lowest BCUT2D eigenvalue weighted by molar-refractivity contribution is -0.167. The van der Waals surface area contributed by atoms with Crippen LogP contribution in [0.4, 0.5) is 0 Å². The summed E-state index contributed by atoms with van der Waals surface area (Å²) in [6.45, 7) is 6.46. The molecule has 0 aromatic rings. The molecule has 418 valence electrons. The van der Waals surface area contributed by atoms with E-state index in [2.05, 4.69) is 118 Å². The third-order valence-electron chi connectivity index (χ3n) is 13.0. The molecule has 0 aliphatic carbocycles. The van der Waals surface area contributed by atoms with Gasteiger partial charge in [0.2, 0.25) is 0 Å². The van der Waals surface area contributed by atoms with E-state index in [1.165, 1.54) is 141 Å². The molecular formula is C67H114O6. The van der Waals surface area contributed by atoms with Crippen LogP contribution in [0.3, 0.4) is 0 Å². The molecule has 0 bridgehead atoms. The molecule has 0 aromatic carbocycles. The van der Waals surface area contributed by atoms with Gasteiger partial charge >= 0.3 is 17.9 Å². The highest BCUT2D eigenvalue weighted by molar-refractivity contribution is 5.71. The Kier molecular flexibility index (Phi) is 57.8. The molecule has 0 radical (unpaired) electrons. The van der Waals surface area contributed by atoms with E-state index in [9.17, 15) is 14.4 Å². The van der Waals surface area contributed by atoms with Gasteiger partial charge in [0.05, 0.1) is 0 Å². The first-order valence-corrected chi connectivity index (χ1v) is 30.7. The predicted octanol–water partition coefficient (Wildman–Crippen LogP) is 20.9. The molecule has 0 heterocycles. The molecule has 0 amide bonds. The number of ether oxygens (including phenoxy) is 3. The van der Waals surface area contributed by atoms with Crippen molar-refractivity contribution in [1.29, 1.82) is 0 Å². The first-order chi connectivity index (χ1) is 36.0. The summed E-state index contributed by atoms with van der Waals surface area (Å²) in [6.07, 6.45) is 81.2. The van der Waals surface area contributed by atoms with E-state index in [4.69, 9.17) is 14.2 Å². The number of esters is 3. The molecule has 0 aliphatic heterocycles. The highest BCUT2D eigenvalue weighted by Gasteiger charge is 2.19. The number of unbranched alkanes of at least 4 members (excludes halogenated alkanes) is 28. The Bertz CT molecular complexity index is 1440. The zero-order valence-electron chi connectivity index (χ0n) is 47.9. The monoisotopic (exact) mass is 1010 g/mol. The quantitative estimate of drug-likeness (QED) is 0.0261. The Hall–Kier alpha value is -3.67. The minimum absolute atomic E-state index is 0.0843. The van der Waals surface area contributed by atoms with Gasteiger partial charge in [-0.1, -0.05) is 253 Å². The Morgan fingerprint density at radius 3 is 0.890 bits per heavy atom. The van der Waals surface area contributed by atoms with E-state index < -0.39 is 6.10 Å². The molecule has 0 rings (SSSR count). The van der Waals surface area contributed by atoms with Crippen LogP contribution in [-0.4, -0.2) is 37.2 Å². The lowest BCUT2D eigenvalue weighted by Gasteiger charge is -2.18. The Labute approximate surface area is 451 Å². The molecule has 0 fully saturated rings. The fraction of sp³-hybridized carbons (Fsp3) is 0.716. The first-order valence-electron chi connectivity index (χ1n) is 30.7. The number of allylic oxidation sites excluding steroid dienone is 16. The maximum absolute atomic E-state index is 12.9. The minimum atomic E-state index is -0.787. The van der Waals surface area contributed by atoms with Gasteiger partial charge in [-0.3, -0.25) is 14.4 Å². The first kappa shape index (κ1) is 69.3. The molecule has 1 unspecified atom stereocenters. The van der Waals surface area contributed by atoms with Gasteiger partial charge in [0.15, 0.2) is 6.10 Å². The zero-order chi connectivity index (χ0) is 52.9. The van der Waals surface area contributed by atoms with Gasteiger partial charge in [-0.05, 0) is 116 Å². The maximum Gasteiger partial charge on any atom is 0.306 e. The summed E-state index contributed by atoms with van der Waals surface area (Å²) in [7, 11) is 0. The molecule has 0 N–H and O–H groups in total. The molecular weight excluding hydrogens is 901 g/mol. The van der Waals surface area contributed by atoms with Crippen molar-refractivity contribution in [3.63, 3.8) is 0 Å². The van der Waals surface area contributed by atoms with Gasteiger partial charge in [0.1, 0.15) is 13.2 Å². The fourth-order valence-corrected chi connectivity index (χ4v) is 8.42. The van der Waals surface area contributed by atoms with Gasteiger partial charge in [-0.2, -0.15) is 0 Å². The molecule has 1 atom stereocenters. The van der Waals surface area contributed by atoms with Crippen LogP contribution in [0, 0.1) is 0 Å². The largest absolute Gasteiger partial charge is 0.462 e. The van der Waals surface area contributed by atoms with Crippen LogP contribution in [0.1, 0.15) is 290 Å². The van der Waals surface area contributed by atoms with Crippen molar-refractivity contribution in [3.8, 4) is 0 Å². The van der Waals surface area contributed by atoms with Crippen LogP contribution >= 0.6 is 0 Å². The van der Waals surface area contributed by atoms with E-state index in [0.717, 1.165) is 109 Å². The third-order valence-corrected chi connectivity index (χ3v) is 13.0. The van der Waals surface area contributed by atoms with Crippen molar-refractivity contribution in [3.05, 3.63) is 97.2 Å². The van der Waals surface area contributed by atoms with Gasteiger partial charge in [0, 0.05) is 19.3 Å². The summed E-state index contributed by atoms with van der Waals surface area (Å²) in [6, 6.07) is 0. The second-order valence-corrected chi connectivity index (χ2v) is 20.2. The highest BCUT2D eigenvalue weighted by atomic mass is 16.6. The zero-order valence-corrected chi connectivity index (χ0v) is 47.9. The Balaban J connectivity index is 4.27. The van der Waals surface area contributed by atoms with Crippen LogP contribution in [0.15, 0.2) is 97.2 Å². The number of rotatable bonds is 55. The molecule has 73 heavy (non-hydrogen) atoms. The molecule has 0 aromatic heterocycles. The van der Waals surface area contributed by atoms with Crippen LogP contribution < -0.4 is 0 Å². The third kappa shape index (κ3) is 59.1. The van der Waals surface area contributed by atoms with Gasteiger partial charge < -0.3 is 14.2 Å². The second-order valence-electron chi connectivity index (χ2n) is 20.2.